The average molecular weight is 397 g/mol. The van der Waals surface area contributed by atoms with Crippen molar-refractivity contribution in [1.29, 1.82) is 0 Å². The van der Waals surface area contributed by atoms with E-state index in [4.69, 9.17) is 0 Å². The zero-order chi connectivity index (χ0) is 20.3. The second kappa shape index (κ2) is 8.12. The van der Waals surface area contributed by atoms with E-state index in [0.29, 0.717) is 12.1 Å². The molecular weight excluding hydrogens is 372 g/mol. The van der Waals surface area contributed by atoms with Gasteiger partial charge < -0.3 is 4.90 Å². The van der Waals surface area contributed by atoms with E-state index < -0.39 is 10.0 Å². The summed E-state index contributed by atoms with van der Waals surface area (Å²) in [7, 11) is -3.67. The van der Waals surface area contributed by atoms with Gasteiger partial charge in [0.15, 0.2) is 0 Å². The highest BCUT2D eigenvalue weighted by molar-refractivity contribution is 7.89. The van der Waals surface area contributed by atoms with Gasteiger partial charge in [-0.1, -0.05) is 42.5 Å². The maximum Gasteiger partial charge on any atom is 0.258 e. The largest absolute Gasteiger partial charge is 0.308 e. The Bertz CT molecular complexity index is 1100. The van der Waals surface area contributed by atoms with Crippen molar-refractivity contribution < 1.29 is 13.2 Å². The molecule has 3 rings (SSSR count). The molecule has 1 amide bonds. The van der Waals surface area contributed by atoms with Gasteiger partial charge in [-0.3, -0.25) is 4.79 Å². The lowest BCUT2D eigenvalue weighted by Gasteiger charge is -2.23. The highest BCUT2D eigenvalue weighted by Gasteiger charge is 2.21. The second-order valence-corrected chi connectivity index (χ2v) is 8.57. The lowest BCUT2D eigenvalue weighted by molar-refractivity contribution is 0.0988. The van der Waals surface area contributed by atoms with Gasteiger partial charge in [0.2, 0.25) is 10.0 Å². The van der Waals surface area contributed by atoms with Crippen LogP contribution in [0.4, 0.5) is 5.69 Å². The number of rotatable bonds is 6. The minimum absolute atomic E-state index is 0.0843. The molecule has 3 aromatic carbocycles. The number of benzene rings is 3. The number of carbonyl (C=O) groups is 1. The van der Waals surface area contributed by atoms with Crippen LogP contribution in [0, 0.1) is 0 Å². The molecule has 0 radical (unpaired) electrons. The minimum Gasteiger partial charge on any atom is -0.308 e. The molecule has 0 saturated carbocycles. The second-order valence-electron chi connectivity index (χ2n) is 6.85. The lowest BCUT2D eigenvalue weighted by Crippen LogP contribution is -2.32. The normalized spacial score (nSPS) is 11.7. The summed E-state index contributed by atoms with van der Waals surface area (Å²) in [6, 6.07) is 19.6. The van der Waals surface area contributed by atoms with Crippen molar-refractivity contribution in [3.63, 3.8) is 0 Å². The van der Waals surface area contributed by atoms with E-state index in [9.17, 15) is 13.2 Å². The Balaban J connectivity index is 2.02. The van der Waals surface area contributed by atoms with E-state index in [1.54, 1.807) is 30.9 Å². The summed E-state index contributed by atoms with van der Waals surface area (Å²) in [5, 5.41) is 2.02. The van der Waals surface area contributed by atoms with Crippen molar-refractivity contribution in [1.82, 2.24) is 4.72 Å². The molecule has 3 aromatic rings. The predicted molar refractivity (Wildman–Crippen MR) is 113 cm³/mol. The molecule has 28 heavy (non-hydrogen) atoms. The fraction of sp³-hybridized carbons (Fsp3) is 0.227. The third-order valence-electron chi connectivity index (χ3n) is 4.40. The number of amides is 1. The van der Waals surface area contributed by atoms with E-state index in [-0.39, 0.29) is 16.8 Å². The SMILES string of the molecule is CCN(C(=O)c1cccc(S(=O)(=O)NC(C)C)c1)c1cccc2ccccc12. The molecular formula is C22H24N2O3S. The van der Waals surface area contributed by atoms with Crippen molar-refractivity contribution in [3.05, 3.63) is 72.3 Å². The number of fused-ring (bicyclic) bond motifs is 1. The third-order valence-corrected chi connectivity index (χ3v) is 6.06. The summed E-state index contributed by atoms with van der Waals surface area (Å²) in [5.41, 5.74) is 1.14. The average Bonchev–Trinajstić information content (AvgIpc) is 2.68. The number of sulfonamides is 1. The molecule has 1 N–H and O–H groups in total. The van der Waals surface area contributed by atoms with E-state index in [1.165, 1.54) is 12.1 Å². The van der Waals surface area contributed by atoms with Gasteiger partial charge in [0.1, 0.15) is 0 Å². The summed E-state index contributed by atoms with van der Waals surface area (Å²) >= 11 is 0. The zero-order valence-electron chi connectivity index (χ0n) is 16.2. The van der Waals surface area contributed by atoms with Gasteiger partial charge >= 0.3 is 0 Å². The molecule has 0 aliphatic heterocycles. The van der Waals surface area contributed by atoms with Crippen molar-refractivity contribution in [3.8, 4) is 0 Å². The van der Waals surface area contributed by atoms with Gasteiger partial charge in [0.25, 0.3) is 5.91 Å². The zero-order valence-corrected chi connectivity index (χ0v) is 17.0. The molecule has 6 heteroatoms. The predicted octanol–water partition coefficient (Wildman–Crippen LogP) is 4.19. The van der Waals surface area contributed by atoms with Crippen LogP contribution in [0.2, 0.25) is 0 Å². The molecule has 0 fully saturated rings. The first-order chi connectivity index (χ1) is 13.3. The van der Waals surface area contributed by atoms with Crippen LogP contribution in [0.25, 0.3) is 10.8 Å². The fourth-order valence-corrected chi connectivity index (χ4v) is 4.49. The van der Waals surface area contributed by atoms with Crippen LogP contribution in [0.1, 0.15) is 31.1 Å². The fourth-order valence-electron chi connectivity index (χ4n) is 3.20. The summed E-state index contributed by atoms with van der Waals surface area (Å²) in [6.45, 7) is 5.88. The Morgan fingerprint density at radius 2 is 1.68 bits per heavy atom. The Hall–Kier alpha value is -2.70. The van der Waals surface area contributed by atoms with E-state index in [2.05, 4.69) is 4.72 Å². The first-order valence-corrected chi connectivity index (χ1v) is 10.7. The third kappa shape index (κ3) is 4.08. The number of hydrogen-bond acceptors (Lipinski definition) is 3. The molecule has 0 aliphatic rings. The number of nitrogens with zero attached hydrogens (tertiary/aromatic N) is 1. The molecule has 0 atom stereocenters. The molecule has 0 heterocycles. The quantitative estimate of drug-likeness (QED) is 0.679. The molecule has 0 unspecified atom stereocenters. The number of nitrogens with one attached hydrogen (secondary N) is 1. The first kappa shape index (κ1) is 20.0. The summed E-state index contributed by atoms with van der Waals surface area (Å²) in [5.74, 6) is -0.236. The molecule has 0 saturated heterocycles. The van der Waals surface area contributed by atoms with Crippen LogP contribution in [0.15, 0.2) is 71.6 Å². The summed E-state index contributed by atoms with van der Waals surface area (Å²) in [6.07, 6.45) is 0. The first-order valence-electron chi connectivity index (χ1n) is 9.25. The van der Waals surface area contributed by atoms with E-state index in [0.717, 1.165) is 16.5 Å². The number of anilines is 1. The summed E-state index contributed by atoms with van der Waals surface area (Å²) < 4.78 is 27.5. The Morgan fingerprint density at radius 1 is 1.00 bits per heavy atom. The number of carbonyl (C=O) groups excluding carboxylic acids is 1. The van der Waals surface area contributed by atoms with Crippen LogP contribution >= 0.6 is 0 Å². The van der Waals surface area contributed by atoms with Gasteiger partial charge in [-0.05, 0) is 50.4 Å². The van der Waals surface area contributed by atoms with E-state index >= 15 is 0 Å². The van der Waals surface area contributed by atoms with Crippen LogP contribution in [-0.2, 0) is 10.0 Å². The highest BCUT2D eigenvalue weighted by atomic mass is 32.2. The maximum absolute atomic E-state index is 13.2. The van der Waals surface area contributed by atoms with Gasteiger partial charge in [0.05, 0.1) is 10.6 Å². The molecule has 0 spiro atoms. The smallest absolute Gasteiger partial charge is 0.258 e. The van der Waals surface area contributed by atoms with Crippen molar-refractivity contribution >= 4 is 32.4 Å². The molecule has 0 aliphatic carbocycles. The van der Waals surface area contributed by atoms with Crippen LogP contribution in [0.3, 0.4) is 0 Å². The van der Waals surface area contributed by atoms with Crippen molar-refractivity contribution in [2.75, 3.05) is 11.4 Å². The highest BCUT2D eigenvalue weighted by Crippen LogP contribution is 2.28. The lowest BCUT2D eigenvalue weighted by atomic mass is 10.1. The van der Waals surface area contributed by atoms with Crippen LogP contribution in [0.5, 0.6) is 0 Å². The topological polar surface area (TPSA) is 66.5 Å². The Labute approximate surface area is 166 Å². The van der Waals surface area contributed by atoms with Gasteiger partial charge in [-0.2, -0.15) is 0 Å². The maximum atomic E-state index is 13.2. The van der Waals surface area contributed by atoms with Gasteiger partial charge in [-0.15, -0.1) is 0 Å². The Morgan fingerprint density at radius 3 is 2.39 bits per heavy atom. The monoisotopic (exact) mass is 396 g/mol. The Kier molecular flexibility index (Phi) is 5.82. The van der Waals surface area contributed by atoms with Gasteiger partial charge in [0, 0.05) is 23.5 Å². The standard InChI is InChI=1S/C22H24N2O3S/c1-4-24(21-14-8-10-17-9-5-6-13-20(17)21)22(25)18-11-7-12-19(15-18)28(26,27)23-16(2)3/h5-16,23H,4H2,1-3H3. The minimum atomic E-state index is -3.67. The van der Waals surface area contributed by atoms with Crippen molar-refractivity contribution in [2.24, 2.45) is 0 Å². The van der Waals surface area contributed by atoms with Crippen LogP contribution < -0.4 is 9.62 Å². The van der Waals surface area contributed by atoms with Crippen LogP contribution in [-0.4, -0.2) is 26.9 Å². The molecule has 146 valence electrons. The van der Waals surface area contributed by atoms with E-state index in [1.807, 2.05) is 49.4 Å². The molecule has 0 bridgehead atoms. The summed E-state index contributed by atoms with van der Waals surface area (Å²) in [4.78, 5) is 15.0. The molecule has 0 aromatic heterocycles. The van der Waals surface area contributed by atoms with Crippen molar-refractivity contribution in [2.45, 2.75) is 31.7 Å². The molecule has 5 nitrogen and oxygen atoms in total. The van der Waals surface area contributed by atoms with Gasteiger partial charge in [-0.25, -0.2) is 13.1 Å². The number of hydrogen-bond donors (Lipinski definition) is 1.